The molecule has 0 aromatic heterocycles. The highest BCUT2D eigenvalue weighted by atomic mass is 31.2. The summed E-state index contributed by atoms with van der Waals surface area (Å²) in [6, 6.07) is 0. The molecule has 0 saturated carbocycles. The first-order valence-corrected chi connectivity index (χ1v) is 7.28. The van der Waals surface area contributed by atoms with Crippen molar-refractivity contribution in [2.24, 2.45) is 0 Å². The van der Waals surface area contributed by atoms with Crippen LogP contribution in [0.2, 0.25) is 0 Å². The molecule has 0 radical (unpaired) electrons. The average Bonchev–Trinajstić information content (AvgIpc) is 2.17. The number of carboxylic acid groups (broad SMARTS) is 1. The monoisotopic (exact) mass is 254 g/mol. The number of aliphatic carboxylic acids is 1. The van der Waals surface area contributed by atoms with Gasteiger partial charge >= 0.3 is 13.6 Å². The second-order valence-corrected chi connectivity index (χ2v) is 5.05. The minimum absolute atomic E-state index is 0.185. The van der Waals surface area contributed by atoms with Gasteiger partial charge in [0.15, 0.2) is 0 Å². The third-order valence-corrected chi connectivity index (χ3v) is 3.44. The van der Waals surface area contributed by atoms with Crippen molar-refractivity contribution in [1.29, 1.82) is 0 Å². The van der Waals surface area contributed by atoms with Gasteiger partial charge in [0.2, 0.25) is 0 Å². The lowest BCUT2D eigenvalue weighted by atomic mass is 10.4. The first kappa shape index (κ1) is 18.0. The first-order chi connectivity index (χ1) is 7.45. The van der Waals surface area contributed by atoms with Crippen LogP contribution in [0.15, 0.2) is 0 Å². The fourth-order valence-corrected chi connectivity index (χ4v) is 2.06. The van der Waals surface area contributed by atoms with Gasteiger partial charge in [0, 0.05) is 0 Å². The highest BCUT2D eigenvalue weighted by Crippen LogP contribution is 2.47. The fraction of sp³-hybridized carbons (Fsp3) is 0.900. The van der Waals surface area contributed by atoms with Crippen molar-refractivity contribution in [2.45, 2.75) is 40.5 Å². The molecule has 0 bridgehead atoms. The maximum absolute atomic E-state index is 11.4. The average molecular weight is 254 g/mol. The summed E-state index contributed by atoms with van der Waals surface area (Å²) >= 11 is 0. The molecule has 5 nitrogen and oxygen atoms in total. The summed E-state index contributed by atoms with van der Waals surface area (Å²) < 4.78 is 20.9. The second-order valence-electron chi connectivity index (χ2n) is 3.00. The Hall–Kier alpha value is -0.380. The van der Waals surface area contributed by atoms with Gasteiger partial charge in [-0.15, -0.1) is 0 Å². The molecular weight excluding hydrogens is 231 g/mol. The predicted octanol–water partition coefficient (Wildman–Crippen LogP) is 3.14. The summed E-state index contributed by atoms with van der Waals surface area (Å²) in [6.07, 6.45) is 2.06. The van der Waals surface area contributed by atoms with E-state index in [0.29, 0.717) is 0 Å². The molecule has 0 amide bonds. The van der Waals surface area contributed by atoms with Gasteiger partial charge < -0.3 is 14.2 Å². The van der Waals surface area contributed by atoms with Crippen LogP contribution in [0, 0.1) is 0 Å². The summed E-state index contributed by atoms with van der Waals surface area (Å²) in [6.45, 7) is 8.00. The van der Waals surface area contributed by atoms with E-state index in [-0.39, 0.29) is 13.2 Å². The summed E-state index contributed by atoms with van der Waals surface area (Å²) in [5.41, 5.74) is 0. The van der Waals surface area contributed by atoms with Crippen molar-refractivity contribution in [3.05, 3.63) is 0 Å². The van der Waals surface area contributed by atoms with Gasteiger partial charge in [0.25, 0.3) is 0 Å². The normalized spacial score (nSPS) is 10.5. The van der Waals surface area contributed by atoms with E-state index in [2.05, 4.69) is 13.8 Å². The molecule has 98 valence electrons. The molecule has 6 heteroatoms. The Morgan fingerprint density at radius 3 is 1.62 bits per heavy atom. The predicted molar refractivity (Wildman–Crippen MR) is 63.9 cm³/mol. The van der Waals surface area contributed by atoms with Crippen molar-refractivity contribution in [3.8, 4) is 0 Å². The van der Waals surface area contributed by atoms with Crippen molar-refractivity contribution in [1.82, 2.24) is 0 Å². The van der Waals surface area contributed by atoms with Crippen molar-refractivity contribution >= 4 is 13.6 Å². The molecule has 0 aromatic carbocycles. The molecule has 0 aliphatic rings. The molecule has 0 saturated heterocycles. The third-order valence-electron chi connectivity index (χ3n) is 1.48. The molecule has 0 fully saturated rings. The number of hydrogen-bond donors (Lipinski definition) is 1. The summed E-state index contributed by atoms with van der Waals surface area (Å²) in [5.74, 6) is -1.18. The second kappa shape index (κ2) is 11.1. The minimum atomic E-state index is -3.38. The van der Waals surface area contributed by atoms with E-state index in [1.165, 1.54) is 12.8 Å². The Kier molecular flexibility index (Phi) is 12.5. The first-order valence-electron chi connectivity index (χ1n) is 5.55. The van der Waals surface area contributed by atoms with Gasteiger partial charge in [-0.3, -0.25) is 9.36 Å². The van der Waals surface area contributed by atoms with Crippen LogP contribution >= 0.6 is 7.60 Å². The van der Waals surface area contributed by atoms with Crippen molar-refractivity contribution < 1.29 is 23.5 Å². The number of hydrogen-bond acceptors (Lipinski definition) is 4. The lowest BCUT2D eigenvalue weighted by molar-refractivity contribution is -0.134. The molecule has 0 unspecified atom stereocenters. The van der Waals surface area contributed by atoms with E-state index in [9.17, 15) is 9.36 Å². The minimum Gasteiger partial charge on any atom is -0.481 e. The standard InChI is InChI=1S/C6H13O5P.C4H10/c1-3-10-12(9,11-4-2)5-6(7)8;1-3-4-2/h3-5H2,1-2H3,(H,7,8);3-4H2,1-2H3. The highest BCUT2D eigenvalue weighted by molar-refractivity contribution is 7.54. The zero-order chi connectivity index (χ0) is 13.0. The Balaban J connectivity index is 0. The lowest BCUT2D eigenvalue weighted by Crippen LogP contribution is -2.08. The van der Waals surface area contributed by atoms with E-state index in [0.717, 1.165) is 0 Å². The maximum Gasteiger partial charge on any atom is 0.341 e. The molecule has 0 aromatic rings. The number of rotatable bonds is 7. The molecule has 0 spiro atoms. The molecule has 0 aliphatic carbocycles. The molecular formula is C10H23O5P. The van der Waals surface area contributed by atoms with Gasteiger partial charge in [0.1, 0.15) is 6.16 Å². The van der Waals surface area contributed by atoms with Crippen LogP contribution < -0.4 is 0 Å². The smallest absolute Gasteiger partial charge is 0.341 e. The van der Waals surface area contributed by atoms with E-state index in [4.69, 9.17) is 14.2 Å². The quantitative estimate of drug-likeness (QED) is 0.706. The van der Waals surface area contributed by atoms with Crippen LogP contribution in [-0.4, -0.2) is 30.5 Å². The lowest BCUT2D eigenvalue weighted by Gasteiger charge is -2.14. The number of carbonyl (C=O) groups is 1. The third kappa shape index (κ3) is 11.7. The van der Waals surface area contributed by atoms with Gasteiger partial charge in [-0.2, -0.15) is 0 Å². The topological polar surface area (TPSA) is 72.8 Å². The summed E-state index contributed by atoms with van der Waals surface area (Å²) in [4.78, 5) is 10.2. The zero-order valence-corrected chi connectivity index (χ0v) is 11.5. The van der Waals surface area contributed by atoms with Crippen LogP contribution in [0.1, 0.15) is 40.5 Å². The highest BCUT2D eigenvalue weighted by Gasteiger charge is 2.26. The largest absolute Gasteiger partial charge is 0.481 e. The van der Waals surface area contributed by atoms with Crippen LogP contribution in [0.5, 0.6) is 0 Å². The van der Waals surface area contributed by atoms with Gasteiger partial charge in [-0.05, 0) is 13.8 Å². The van der Waals surface area contributed by atoms with Crippen LogP contribution in [0.3, 0.4) is 0 Å². The van der Waals surface area contributed by atoms with Gasteiger partial charge in [-0.25, -0.2) is 0 Å². The number of unbranched alkanes of at least 4 members (excludes halogenated alkanes) is 1. The summed E-state index contributed by atoms with van der Waals surface area (Å²) in [7, 11) is -3.38. The van der Waals surface area contributed by atoms with E-state index >= 15 is 0 Å². The molecule has 16 heavy (non-hydrogen) atoms. The van der Waals surface area contributed by atoms with Crippen molar-refractivity contribution in [3.63, 3.8) is 0 Å². The molecule has 0 rings (SSSR count). The van der Waals surface area contributed by atoms with E-state index in [1.54, 1.807) is 13.8 Å². The van der Waals surface area contributed by atoms with Crippen LogP contribution in [-0.2, 0) is 18.4 Å². The van der Waals surface area contributed by atoms with Crippen LogP contribution in [0.4, 0.5) is 0 Å². The van der Waals surface area contributed by atoms with E-state index in [1.807, 2.05) is 0 Å². The molecule has 0 heterocycles. The fourth-order valence-electron chi connectivity index (χ4n) is 0.688. The Labute approximate surface area is 97.7 Å². The number of carboxylic acids is 1. The Morgan fingerprint density at radius 1 is 1.06 bits per heavy atom. The molecule has 0 atom stereocenters. The maximum atomic E-state index is 11.4. The van der Waals surface area contributed by atoms with Crippen LogP contribution in [0.25, 0.3) is 0 Å². The Morgan fingerprint density at radius 2 is 1.44 bits per heavy atom. The molecule has 0 aliphatic heterocycles. The van der Waals surface area contributed by atoms with Crippen molar-refractivity contribution in [2.75, 3.05) is 19.4 Å². The molecule has 1 N–H and O–H groups in total. The summed E-state index contributed by atoms with van der Waals surface area (Å²) in [5, 5.41) is 8.37. The van der Waals surface area contributed by atoms with E-state index < -0.39 is 19.7 Å². The zero-order valence-electron chi connectivity index (χ0n) is 10.6. The SMILES string of the molecule is CCCC.CCOP(=O)(CC(=O)O)OCC. The Bertz CT molecular complexity index is 205. The van der Waals surface area contributed by atoms with Gasteiger partial charge in [0.05, 0.1) is 13.2 Å². The van der Waals surface area contributed by atoms with Gasteiger partial charge in [-0.1, -0.05) is 26.7 Å².